The van der Waals surface area contributed by atoms with Crippen LogP contribution in [-0.4, -0.2) is 25.1 Å². The summed E-state index contributed by atoms with van der Waals surface area (Å²) in [5.41, 5.74) is 6.05. The molecule has 0 aliphatic heterocycles. The summed E-state index contributed by atoms with van der Waals surface area (Å²) < 4.78 is 9.99. The number of allylic oxidation sites excluding steroid dienone is 2. The zero-order valence-corrected chi connectivity index (χ0v) is 56.1. The summed E-state index contributed by atoms with van der Waals surface area (Å²) in [6.45, 7) is 7.01. The van der Waals surface area contributed by atoms with Crippen molar-refractivity contribution in [2.45, 2.75) is 150 Å². The molecule has 2 nitrogen and oxygen atoms in total. The van der Waals surface area contributed by atoms with Crippen molar-refractivity contribution in [3.05, 3.63) is 204 Å². The Morgan fingerprint density at radius 1 is 0.324 bits per heavy atom. The van der Waals surface area contributed by atoms with E-state index in [1.807, 2.05) is 0 Å². The number of unbranched alkanes of at least 4 members (excludes halogenated alkanes) is 18. The van der Waals surface area contributed by atoms with E-state index in [0.29, 0.717) is 7.35 Å². The van der Waals surface area contributed by atoms with Gasteiger partial charge in [-0.25, -0.2) is 0 Å². The number of rotatable bonds is 32. The Morgan fingerprint density at radius 2 is 0.581 bits per heavy atom. The summed E-state index contributed by atoms with van der Waals surface area (Å²) in [4.78, 5) is 0. The van der Waals surface area contributed by atoms with E-state index in [4.69, 9.17) is 0 Å². The van der Waals surface area contributed by atoms with E-state index in [0.717, 1.165) is 0 Å². The summed E-state index contributed by atoms with van der Waals surface area (Å²) in [5, 5.41) is 6.50. The van der Waals surface area contributed by atoms with Gasteiger partial charge < -0.3 is 24.8 Å². The molecule has 0 saturated carbocycles. The minimum atomic E-state index is -2.34. The van der Waals surface area contributed by atoms with Gasteiger partial charge in [0, 0.05) is 0 Å². The molecular formula is C66H88Cl2Hf2N2Si2. The van der Waals surface area contributed by atoms with Crippen molar-refractivity contribution in [3.63, 3.8) is 0 Å². The van der Waals surface area contributed by atoms with Crippen molar-refractivity contribution in [1.82, 2.24) is 6.61 Å². The summed E-state index contributed by atoms with van der Waals surface area (Å²) in [6, 6.07) is 64.3. The van der Waals surface area contributed by atoms with Crippen molar-refractivity contribution in [3.8, 4) is 0 Å². The van der Waals surface area contributed by atoms with E-state index < -0.39 is 53.8 Å². The number of halogens is 2. The molecule has 2 aliphatic rings. The molecule has 6 aromatic rings. The predicted octanol–water partition coefficient (Wildman–Crippen LogP) is 8.68. The maximum Gasteiger partial charge on any atom is -1.00 e. The molecular weight excluding hydrogens is 1300 g/mol. The maximum atomic E-state index is 4.35. The van der Waals surface area contributed by atoms with Gasteiger partial charge >= 0.3 is 446 Å². The molecule has 0 amide bonds. The molecule has 2 N–H and O–H groups in total. The Bertz CT molecular complexity index is 2180. The van der Waals surface area contributed by atoms with Crippen molar-refractivity contribution in [1.29, 1.82) is 0 Å². The number of hydrogen-bond donors (Lipinski definition) is 2. The van der Waals surface area contributed by atoms with Gasteiger partial charge in [0.05, 0.1) is 0 Å². The average molecular weight is 1390 g/mol. The fourth-order valence-corrected chi connectivity index (χ4v) is 71.4. The standard InChI is InChI=1S/2C12H26N.2C12H11Si.2C9H7.2ClH.2Hf/c2*1-2-3-4-5-6-7-8-9-10-11-12-13;2*1-3-7-11(8-4-1)13-12-9-5-2-6-10-12;2*1-2-5-9-7-3-6-8(9)4-1;;;;/h2*13H,2-12H2,1H3;2*1-10,13H;2*1-7H;2*1H;;/q2*-1;;;;;;;2*+2/p-2. The van der Waals surface area contributed by atoms with Crippen LogP contribution in [0.5, 0.6) is 0 Å². The molecule has 0 radical (unpaired) electrons. The van der Waals surface area contributed by atoms with Gasteiger partial charge in [0.2, 0.25) is 0 Å². The summed E-state index contributed by atoms with van der Waals surface area (Å²) in [7, 11) is 0. The monoisotopic (exact) mass is 1390 g/mol. The van der Waals surface area contributed by atoms with Crippen LogP contribution in [0.15, 0.2) is 182 Å². The molecule has 0 heterocycles. The van der Waals surface area contributed by atoms with Crippen LogP contribution in [0.25, 0.3) is 12.2 Å². The molecule has 8 heteroatoms. The number of hydrogen-bond acceptors (Lipinski definition) is 2. The second-order valence-corrected chi connectivity index (χ2v) is 61.1. The molecule has 2 unspecified atom stereocenters. The first-order valence-electron chi connectivity index (χ1n) is 28.7. The number of fused-ring (bicyclic) bond motifs is 2. The minimum Gasteiger partial charge on any atom is -1.00 e. The SMILES string of the molecule is CCCCCCCCCCCC[NH][Hf+]([CH]1C=Cc2ccccc21)[SiH](c1ccccc1)c1ccccc1.CCCCCCCCCCCC[NH][Hf+]([CH]1C=Cc2ccccc21)[SiH](c1ccccc1)c1ccccc1.[Cl-].[Cl-]. The normalized spacial score (nSPS) is 13.9. The number of benzene rings is 6. The Hall–Kier alpha value is -2.53. The van der Waals surface area contributed by atoms with Gasteiger partial charge in [0.1, 0.15) is 0 Å². The molecule has 74 heavy (non-hydrogen) atoms. The second-order valence-electron chi connectivity index (χ2n) is 20.6. The molecule has 6 aromatic carbocycles. The van der Waals surface area contributed by atoms with E-state index in [1.165, 1.54) is 153 Å². The maximum absolute atomic E-state index is 4.35. The van der Waals surface area contributed by atoms with E-state index in [2.05, 4.69) is 215 Å². The van der Waals surface area contributed by atoms with Crippen LogP contribution < -0.4 is 52.2 Å². The smallest absolute Gasteiger partial charge is 1.00 e. The van der Waals surface area contributed by atoms with Crippen molar-refractivity contribution in [2.75, 3.05) is 13.1 Å². The third-order valence-corrected chi connectivity index (χ3v) is 70.8. The fourth-order valence-electron chi connectivity index (χ4n) is 11.2. The van der Waals surface area contributed by atoms with Crippen LogP contribution >= 0.6 is 0 Å². The van der Waals surface area contributed by atoms with Crippen molar-refractivity contribution in [2.24, 2.45) is 0 Å². The quantitative estimate of drug-likeness (QED) is 0.0327. The zero-order chi connectivity index (χ0) is 49.7. The van der Waals surface area contributed by atoms with Gasteiger partial charge in [0.15, 0.2) is 0 Å². The topological polar surface area (TPSA) is 24.1 Å². The third-order valence-electron chi connectivity index (χ3n) is 15.1. The molecule has 0 aromatic heterocycles. The van der Waals surface area contributed by atoms with Gasteiger partial charge in [-0.3, -0.25) is 0 Å². The molecule has 2 aliphatic carbocycles. The first kappa shape index (κ1) is 62.3. The number of nitrogens with one attached hydrogen (secondary N) is 2. The van der Waals surface area contributed by atoms with Gasteiger partial charge in [-0.1, -0.05) is 13.8 Å². The Morgan fingerprint density at radius 3 is 0.878 bits per heavy atom. The summed E-state index contributed by atoms with van der Waals surface area (Å²) >= 11 is -4.69. The molecule has 8 rings (SSSR count). The van der Waals surface area contributed by atoms with Crippen LogP contribution in [0.1, 0.15) is 172 Å². The van der Waals surface area contributed by atoms with Gasteiger partial charge in [-0.15, -0.1) is 0 Å². The Kier molecular flexibility index (Phi) is 31.4. The second kappa shape index (κ2) is 37.3. The molecule has 2 atom stereocenters. The third kappa shape index (κ3) is 20.0. The minimum absolute atomic E-state index is 0. The van der Waals surface area contributed by atoms with Crippen LogP contribution in [0, 0.1) is 0 Å². The van der Waals surface area contributed by atoms with E-state index >= 15 is 0 Å². The fraction of sp³-hybridized carbons (Fsp3) is 0.394. The van der Waals surface area contributed by atoms with Crippen LogP contribution in [-0.2, 0) is 41.8 Å². The van der Waals surface area contributed by atoms with Crippen LogP contribution in [0.3, 0.4) is 0 Å². The predicted molar refractivity (Wildman–Crippen MR) is 315 cm³/mol. The van der Waals surface area contributed by atoms with Gasteiger partial charge in [0.25, 0.3) is 0 Å². The van der Waals surface area contributed by atoms with Crippen LogP contribution in [0.2, 0.25) is 0 Å². The van der Waals surface area contributed by atoms with E-state index in [1.54, 1.807) is 31.9 Å². The first-order valence-corrected chi connectivity index (χ1v) is 52.4. The first-order chi connectivity index (χ1) is 35.8. The van der Waals surface area contributed by atoms with E-state index in [9.17, 15) is 0 Å². The van der Waals surface area contributed by atoms with E-state index in [-0.39, 0.29) is 24.8 Å². The average Bonchev–Trinajstić information content (AvgIpc) is 4.07. The largest absolute Gasteiger partial charge is 1.00 e. The van der Waals surface area contributed by atoms with Crippen LogP contribution in [0.4, 0.5) is 0 Å². The molecule has 0 spiro atoms. The van der Waals surface area contributed by atoms with Crippen molar-refractivity contribution < 1.29 is 66.6 Å². The van der Waals surface area contributed by atoms with Gasteiger partial charge in [-0.05, 0) is 0 Å². The molecule has 0 fully saturated rings. The Labute approximate surface area is 480 Å². The van der Waals surface area contributed by atoms with Crippen molar-refractivity contribution >= 4 is 44.9 Å². The Balaban J connectivity index is 0.000000267. The molecule has 0 bridgehead atoms. The molecule has 392 valence electrons. The van der Waals surface area contributed by atoms with Gasteiger partial charge in [-0.2, -0.15) is 0 Å². The summed E-state index contributed by atoms with van der Waals surface area (Å²) in [5.74, 6) is -2.62. The molecule has 0 saturated heterocycles. The zero-order valence-electron chi connectivity index (χ0n) is 45.1. The summed E-state index contributed by atoms with van der Waals surface area (Å²) in [6.07, 6.45) is 38.0.